The Morgan fingerprint density at radius 1 is 1.12 bits per heavy atom. The third-order valence-corrected chi connectivity index (χ3v) is 3.99. The van der Waals surface area contributed by atoms with E-state index in [9.17, 15) is 10.2 Å². The van der Waals surface area contributed by atoms with Crippen molar-refractivity contribution < 1.29 is 10.2 Å². The summed E-state index contributed by atoms with van der Waals surface area (Å²) in [6, 6.07) is 0.666. The molecular weight excluding hydrogens is 216 g/mol. The molecule has 1 saturated heterocycles. The largest absolute Gasteiger partial charge is 0.396 e. The average Bonchev–Trinajstić information content (AvgIpc) is 2.38. The molecule has 0 aliphatic carbocycles. The maximum Gasteiger partial charge on any atom is 0.0519 e. The Kier molecular flexibility index (Phi) is 5.86. The van der Waals surface area contributed by atoms with Crippen LogP contribution in [0.15, 0.2) is 0 Å². The predicted octanol–water partition coefficient (Wildman–Crippen LogP) is 0.393. The van der Waals surface area contributed by atoms with Crippen molar-refractivity contribution in [2.45, 2.75) is 33.2 Å². The Morgan fingerprint density at radius 2 is 1.65 bits per heavy atom. The second-order valence-corrected chi connectivity index (χ2v) is 5.70. The minimum absolute atomic E-state index is 0.0507. The first kappa shape index (κ1) is 14.9. The fourth-order valence-electron chi connectivity index (χ4n) is 2.31. The van der Waals surface area contributed by atoms with E-state index in [2.05, 4.69) is 23.6 Å². The monoisotopic (exact) mass is 244 g/mol. The third kappa shape index (κ3) is 4.21. The second-order valence-electron chi connectivity index (χ2n) is 5.70. The van der Waals surface area contributed by atoms with Crippen molar-refractivity contribution >= 4 is 0 Å². The summed E-state index contributed by atoms with van der Waals surface area (Å²) in [5, 5.41) is 18.6. The van der Waals surface area contributed by atoms with Gasteiger partial charge in [-0.15, -0.1) is 0 Å². The van der Waals surface area contributed by atoms with E-state index < -0.39 is 0 Å². The molecular formula is C13H28N2O2. The quantitative estimate of drug-likeness (QED) is 0.710. The van der Waals surface area contributed by atoms with Gasteiger partial charge < -0.3 is 15.1 Å². The molecule has 17 heavy (non-hydrogen) atoms. The van der Waals surface area contributed by atoms with Gasteiger partial charge in [-0.05, 0) is 13.3 Å². The Labute approximate surface area is 105 Å². The molecule has 0 aromatic carbocycles. The Morgan fingerprint density at radius 3 is 2.06 bits per heavy atom. The lowest BCUT2D eigenvalue weighted by Crippen LogP contribution is -2.52. The second kappa shape index (κ2) is 6.69. The van der Waals surface area contributed by atoms with Crippen LogP contribution in [-0.2, 0) is 0 Å². The molecule has 102 valence electrons. The van der Waals surface area contributed by atoms with Crippen molar-refractivity contribution in [1.82, 2.24) is 9.80 Å². The fourth-order valence-corrected chi connectivity index (χ4v) is 2.31. The van der Waals surface area contributed by atoms with Gasteiger partial charge in [-0.3, -0.25) is 4.90 Å². The zero-order valence-corrected chi connectivity index (χ0v) is 11.5. The zero-order chi connectivity index (χ0) is 12.9. The van der Waals surface area contributed by atoms with Gasteiger partial charge in [0.2, 0.25) is 0 Å². The number of hydrogen-bond acceptors (Lipinski definition) is 4. The predicted molar refractivity (Wildman–Crippen MR) is 70.0 cm³/mol. The minimum Gasteiger partial charge on any atom is -0.396 e. The van der Waals surface area contributed by atoms with E-state index >= 15 is 0 Å². The van der Waals surface area contributed by atoms with Crippen LogP contribution < -0.4 is 0 Å². The SMILES string of the molecule is CCC(C)N1CCN(CC(C)(CO)CO)CC1. The Bertz CT molecular complexity index is 211. The van der Waals surface area contributed by atoms with Crippen LogP contribution in [-0.4, -0.2) is 72.0 Å². The molecule has 1 heterocycles. The van der Waals surface area contributed by atoms with Crippen LogP contribution in [0.4, 0.5) is 0 Å². The zero-order valence-electron chi connectivity index (χ0n) is 11.5. The van der Waals surface area contributed by atoms with E-state index in [0.29, 0.717) is 6.04 Å². The number of piperazine rings is 1. The van der Waals surface area contributed by atoms with Gasteiger partial charge in [-0.25, -0.2) is 0 Å². The molecule has 0 aromatic heterocycles. The summed E-state index contributed by atoms with van der Waals surface area (Å²) >= 11 is 0. The van der Waals surface area contributed by atoms with Gasteiger partial charge in [-0.2, -0.15) is 0 Å². The Hall–Kier alpha value is -0.160. The summed E-state index contributed by atoms with van der Waals surface area (Å²) < 4.78 is 0. The molecule has 1 aliphatic heterocycles. The normalized spacial score (nSPS) is 21.7. The van der Waals surface area contributed by atoms with Crippen molar-refractivity contribution in [2.24, 2.45) is 5.41 Å². The van der Waals surface area contributed by atoms with Crippen molar-refractivity contribution in [2.75, 3.05) is 45.9 Å². The molecule has 0 aromatic rings. The van der Waals surface area contributed by atoms with Crippen LogP contribution in [0.25, 0.3) is 0 Å². The lowest BCUT2D eigenvalue weighted by Gasteiger charge is -2.41. The van der Waals surface area contributed by atoms with Crippen LogP contribution in [0.3, 0.4) is 0 Å². The van der Waals surface area contributed by atoms with Gasteiger partial charge in [0.05, 0.1) is 13.2 Å². The fraction of sp³-hybridized carbons (Fsp3) is 1.00. The summed E-state index contributed by atoms with van der Waals surface area (Å²) in [7, 11) is 0. The summed E-state index contributed by atoms with van der Waals surface area (Å²) in [4.78, 5) is 4.87. The number of nitrogens with zero attached hydrogens (tertiary/aromatic N) is 2. The third-order valence-electron chi connectivity index (χ3n) is 3.99. The number of aliphatic hydroxyl groups is 2. The topological polar surface area (TPSA) is 46.9 Å². The molecule has 1 atom stereocenters. The van der Waals surface area contributed by atoms with Crippen molar-refractivity contribution in [1.29, 1.82) is 0 Å². The maximum absolute atomic E-state index is 9.30. The lowest BCUT2D eigenvalue weighted by molar-refractivity contribution is 0.0135. The van der Waals surface area contributed by atoms with E-state index in [-0.39, 0.29) is 18.6 Å². The van der Waals surface area contributed by atoms with Gasteiger partial charge in [0, 0.05) is 44.2 Å². The van der Waals surface area contributed by atoms with Gasteiger partial charge in [-0.1, -0.05) is 13.8 Å². The van der Waals surface area contributed by atoms with E-state index in [4.69, 9.17) is 0 Å². The molecule has 1 unspecified atom stereocenters. The van der Waals surface area contributed by atoms with Gasteiger partial charge in [0.15, 0.2) is 0 Å². The van der Waals surface area contributed by atoms with Crippen LogP contribution in [0, 0.1) is 5.41 Å². The highest BCUT2D eigenvalue weighted by atomic mass is 16.3. The minimum atomic E-state index is -0.363. The molecule has 2 N–H and O–H groups in total. The van der Waals surface area contributed by atoms with Crippen molar-refractivity contribution in [3.05, 3.63) is 0 Å². The summed E-state index contributed by atoms with van der Waals surface area (Å²) in [6.45, 7) is 11.6. The summed E-state index contributed by atoms with van der Waals surface area (Å²) in [6.07, 6.45) is 1.20. The van der Waals surface area contributed by atoms with E-state index in [0.717, 1.165) is 32.7 Å². The average molecular weight is 244 g/mol. The van der Waals surface area contributed by atoms with Gasteiger partial charge in [0.25, 0.3) is 0 Å². The number of hydrogen-bond donors (Lipinski definition) is 2. The van der Waals surface area contributed by atoms with Crippen molar-refractivity contribution in [3.63, 3.8) is 0 Å². The number of aliphatic hydroxyl groups excluding tert-OH is 2. The molecule has 0 saturated carbocycles. The van der Waals surface area contributed by atoms with Crippen LogP contribution in [0.1, 0.15) is 27.2 Å². The van der Waals surface area contributed by atoms with E-state index in [1.54, 1.807) is 0 Å². The molecule has 1 aliphatic rings. The first-order valence-corrected chi connectivity index (χ1v) is 6.73. The van der Waals surface area contributed by atoms with E-state index in [1.807, 2.05) is 6.92 Å². The number of rotatable bonds is 6. The van der Waals surface area contributed by atoms with Crippen molar-refractivity contribution in [3.8, 4) is 0 Å². The summed E-state index contributed by atoms with van der Waals surface area (Å²) in [5.41, 5.74) is -0.363. The molecule has 1 fully saturated rings. The molecule has 0 amide bonds. The highest BCUT2D eigenvalue weighted by molar-refractivity contribution is 4.82. The van der Waals surface area contributed by atoms with Gasteiger partial charge in [0.1, 0.15) is 0 Å². The van der Waals surface area contributed by atoms with Crippen LogP contribution >= 0.6 is 0 Å². The van der Waals surface area contributed by atoms with E-state index in [1.165, 1.54) is 6.42 Å². The van der Waals surface area contributed by atoms with Crippen LogP contribution in [0.2, 0.25) is 0 Å². The highest BCUT2D eigenvalue weighted by Crippen LogP contribution is 2.18. The van der Waals surface area contributed by atoms with Crippen LogP contribution in [0.5, 0.6) is 0 Å². The molecule has 4 nitrogen and oxygen atoms in total. The first-order valence-electron chi connectivity index (χ1n) is 6.73. The smallest absolute Gasteiger partial charge is 0.0519 e. The lowest BCUT2D eigenvalue weighted by atomic mass is 9.92. The maximum atomic E-state index is 9.30. The van der Waals surface area contributed by atoms with Gasteiger partial charge >= 0.3 is 0 Å². The molecule has 1 rings (SSSR count). The molecule has 4 heteroatoms. The first-order chi connectivity index (χ1) is 8.04. The molecule has 0 spiro atoms. The highest BCUT2D eigenvalue weighted by Gasteiger charge is 2.28. The molecule has 0 bridgehead atoms. The summed E-state index contributed by atoms with van der Waals surface area (Å²) in [5.74, 6) is 0. The molecule has 0 radical (unpaired) electrons. The Balaban J connectivity index is 2.37. The standard InChI is InChI=1S/C13H28N2O2/c1-4-12(2)15-7-5-14(6-8-15)9-13(3,10-16)11-17/h12,16-17H,4-11H2,1-3H3.